The molecule has 3 rings (SSSR count). The first kappa shape index (κ1) is 22.1. The highest BCUT2D eigenvalue weighted by Crippen LogP contribution is 2.40. The van der Waals surface area contributed by atoms with Crippen molar-refractivity contribution in [2.45, 2.75) is 5.16 Å². The number of thioether (sulfide) groups is 1. The number of benzene rings is 2. The number of nitrogen functional groups attached to an aromatic ring is 1. The molecular weight excluding hydrogens is 422 g/mol. The first-order chi connectivity index (χ1) is 15.0. The molecule has 0 fully saturated rings. The maximum atomic E-state index is 12.3. The first-order valence-corrected chi connectivity index (χ1v) is 10.1. The zero-order chi connectivity index (χ0) is 22.4. The Kier molecular flexibility index (Phi) is 7.08. The summed E-state index contributed by atoms with van der Waals surface area (Å²) < 4.78 is 22.5. The Balaban J connectivity index is 1.74. The summed E-state index contributed by atoms with van der Waals surface area (Å²) in [5.74, 6) is 8.49. The van der Waals surface area contributed by atoms with Crippen molar-refractivity contribution < 1.29 is 23.7 Å². The highest BCUT2D eigenvalue weighted by atomic mass is 32.2. The molecule has 1 amide bonds. The van der Waals surface area contributed by atoms with Crippen molar-refractivity contribution >= 4 is 23.4 Å². The van der Waals surface area contributed by atoms with Gasteiger partial charge in [-0.15, -0.1) is 10.2 Å². The molecule has 1 heterocycles. The summed E-state index contributed by atoms with van der Waals surface area (Å²) in [6.07, 6.45) is 0. The Morgan fingerprint density at radius 2 is 1.74 bits per heavy atom. The van der Waals surface area contributed by atoms with Crippen LogP contribution in [0.2, 0.25) is 0 Å². The van der Waals surface area contributed by atoms with E-state index >= 15 is 0 Å². The maximum absolute atomic E-state index is 12.3. The molecule has 3 N–H and O–H groups in total. The third-order valence-electron chi connectivity index (χ3n) is 4.27. The number of ether oxygens (including phenoxy) is 4. The van der Waals surface area contributed by atoms with Gasteiger partial charge in [0.05, 0.1) is 34.2 Å². The van der Waals surface area contributed by atoms with E-state index in [0.717, 1.165) is 11.8 Å². The van der Waals surface area contributed by atoms with Crippen molar-refractivity contribution in [1.82, 2.24) is 14.9 Å². The van der Waals surface area contributed by atoms with Gasteiger partial charge in [0.1, 0.15) is 5.75 Å². The molecule has 0 radical (unpaired) electrons. The number of rotatable bonds is 9. The van der Waals surface area contributed by atoms with E-state index in [0.29, 0.717) is 45.2 Å². The van der Waals surface area contributed by atoms with Gasteiger partial charge in [-0.25, -0.2) is 4.68 Å². The van der Waals surface area contributed by atoms with Gasteiger partial charge in [-0.05, 0) is 24.3 Å². The molecule has 0 bridgehead atoms. The van der Waals surface area contributed by atoms with Crippen LogP contribution in [0.1, 0.15) is 0 Å². The lowest BCUT2D eigenvalue weighted by Gasteiger charge is -2.13. The predicted molar refractivity (Wildman–Crippen MR) is 118 cm³/mol. The van der Waals surface area contributed by atoms with Crippen LogP contribution in [0, 0.1) is 0 Å². The molecule has 0 atom stereocenters. The molecule has 0 unspecified atom stereocenters. The van der Waals surface area contributed by atoms with Crippen LogP contribution in [0.25, 0.3) is 11.4 Å². The predicted octanol–water partition coefficient (Wildman–Crippen LogP) is 2.42. The second-order valence-electron chi connectivity index (χ2n) is 6.16. The second kappa shape index (κ2) is 9.94. The fourth-order valence-electron chi connectivity index (χ4n) is 2.81. The minimum absolute atomic E-state index is 0.0990. The number of carbonyl (C=O) groups is 1. The van der Waals surface area contributed by atoms with Gasteiger partial charge in [-0.3, -0.25) is 4.79 Å². The Morgan fingerprint density at radius 1 is 1.03 bits per heavy atom. The van der Waals surface area contributed by atoms with Gasteiger partial charge >= 0.3 is 0 Å². The van der Waals surface area contributed by atoms with Gasteiger partial charge in [0.25, 0.3) is 0 Å². The van der Waals surface area contributed by atoms with Crippen LogP contribution in [-0.2, 0) is 4.79 Å². The van der Waals surface area contributed by atoms with E-state index in [9.17, 15) is 4.79 Å². The monoisotopic (exact) mass is 445 g/mol. The normalized spacial score (nSPS) is 10.5. The lowest BCUT2D eigenvalue weighted by molar-refractivity contribution is -0.113. The molecule has 31 heavy (non-hydrogen) atoms. The number of nitrogens with two attached hydrogens (primary N) is 1. The van der Waals surface area contributed by atoms with Gasteiger partial charge in [-0.1, -0.05) is 17.8 Å². The van der Waals surface area contributed by atoms with Crippen LogP contribution in [0.15, 0.2) is 41.6 Å². The largest absolute Gasteiger partial charge is 0.497 e. The fourth-order valence-corrected chi connectivity index (χ4v) is 3.47. The average Bonchev–Trinajstić information content (AvgIpc) is 3.16. The number of nitrogens with one attached hydrogen (secondary N) is 1. The van der Waals surface area contributed by atoms with Gasteiger partial charge in [-0.2, -0.15) is 0 Å². The van der Waals surface area contributed by atoms with E-state index in [1.807, 2.05) is 0 Å². The Labute approximate surface area is 183 Å². The van der Waals surface area contributed by atoms with Crippen molar-refractivity contribution in [2.24, 2.45) is 0 Å². The molecule has 0 saturated carbocycles. The Hall–Kier alpha value is -3.60. The molecule has 164 valence electrons. The quantitative estimate of drug-likeness (QED) is 0.377. The number of anilines is 1. The van der Waals surface area contributed by atoms with Crippen LogP contribution >= 0.6 is 11.8 Å². The standard InChI is InChI=1S/C20H23N5O5S/c1-27-14-7-5-6-13(10-14)22-17(26)11-31-20-24-23-19(25(20)21)12-8-15(28-2)18(30-4)16(9-12)29-3/h5-10H,11,21H2,1-4H3,(H,22,26). The number of nitrogens with zero attached hydrogens (tertiary/aromatic N) is 3. The van der Waals surface area contributed by atoms with Crippen LogP contribution in [0.3, 0.4) is 0 Å². The number of hydrogen-bond donors (Lipinski definition) is 2. The van der Waals surface area contributed by atoms with E-state index in [-0.39, 0.29) is 11.7 Å². The van der Waals surface area contributed by atoms with Crippen molar-refractivity contribution in [3.8, 4) is 34.4 Å². The summed E-state index contributed by atoms with van der Waals surface area (Å²) >= 11 is 1.16. The number of methoxy groups -OCH3 is 4. The number of amides is 1. The van der Waals surface area contributed by atoms with Gasteiger partial charge in [0.2, 0.25) is 16.8 Å². The highest BCUT2D eigenvalue weighted by Gasteiger charge is 2.19. The van der Waals surface area contributed by atoms with Crippen molar-refractivity contribution in [3.05, 3.63) is 36.4 Å². The van der Waals surface area contributed by atoms with Crippen molar-refractivity contribution in [2.75, 3.05) is 45.4 Å². The molecule has 3 aromatic rings. The number of carbonyl (C=O) groups excluding carboxylic acids is 1. The average molecular weight is 446 g/mol. The lowest BCUT2D eigenvalue weighted by atomic mass is 10.1. The van der Waals surface area contributed by atoms with Gasteiger partial charge in [0, 0.05) is 17.3 Å². The Morgan fingerprint density at radius 3 is 2.35 bits per heavy atom. The minimum Gasteiger partial charge on any atom is -0.497 e. The summed E-state index contributed by atoms with van der Waals surface area (Å²) in [4.78, 5) is 12.3. The van der Waals surface area contributed by atoms with Crippen LogP contribution in [-0.4, -0.2) is 55.0 Å². The molecular formula is C20H23N5O5S. The summed E-state index contributed by atoms with van der Waals surface area (Å²) in [6, 6.07) is 10.5. The van der Waals surface area contributed by atoms with E-state index in [1.165, 1.54) is 26.0 Å². The number of aromatic nitrogens is 3. The molecule has 1 aromatic heterocycles. The van der Waals surface area contributed by atoms with E-state index < -0.39 is 0 Å². The van der Waals surface area contributed by atoms with Gasteiger partial charge < -0.3 is 30.1 Å². The molecule has 0 spiro atoms. The zero-order valence-electron chi connectivity index (χ0n) is 17.5. The first-order valence-electron chi connectivity index (χ1n) is 9.08. The van der Waals surface area contributed by atoms with Crippen LogP contribution < -0.4 is 30.1 Å². The summed E-state index contributed by atoms with van der Waals surface area (Å²) in [5.41, 5.74) is 1.26. The molecule has 11 heteroatoms. The molecule has 0 aliphatic heterocycles. The molecule has 0 aliphatic carbocycles. The molecule has 2 aromatic carbocycles. The third kappa shape index (κ3) is 4.94. The topological polar surface area (TPSA) is 123 Å². The summed E-state index contributed by atoms with van der Waals surface area (Å²) in [6.45, 7) is 0. The number of hydrogen-bond acceptors (Lipinski definition) is 9. The molecule has 0 aliphatic rings. The zero-order valence-corrected chi connectivity index (χ0v) is 18.4. The third-order valence-corrected chi connectivity index (χ3v) is 5.22. The molecule has 0 saturated heterocycles. The van der Waals surface area contributed by atoms with Crippen LogP contribution in [0.4, 0.5) is 5.69 Å². The summed E-state index contributed by atoms with van der Waals surface area (Å²) in [5, 5.41) is 11.4. The van der Waals surface area contributed by atoms with E-state index in [1.54, 1.807) is 43.5 Å². The van der Waals surface area contributed by atoms with Crippen LogP contribution in [0.5, 0.6) is 23.0 Å². The maximum Gasteiger partial charge on any atom is 0.234 e. The molecule has 10 nitrogen and oxygen atoms in total. The Bertz CT molecular complexity index is 1050. The van der Waals surface area contributed by atoms with E-state index in [4.69, 9.17) is 24.8 Å². The highest BCUT2D eigenvalue weighted by molar-refractivity contribution is 7.99. The fraction of sp³-hybridized carbons (Fsp3) is 0.250. The van der Waals surface area contributed by atoms with Crippen molar-refractivity contribution in [1.29, 1.82) is 0 Å². The second-order valence-corrected chi connectivity index (χ2v) is 7.10. The smallest absolute Gasteiger partial charge is 0.234 e. The summed E-state index contributed by atoms with van der Waals surface area (Å²) in [7, 11) is 6.14. The van der Waals surface area contributed by atoms with Crippen molar-refractivity contribution in [3.63, 3.8) is 0 Å². The SMILES string of the molecule is COc1cccc(NC(=O)CSc2nnc(-c3cc(OC)c(OC)c(OC)c3)n2N)c1. The van der Waals surface area contributed by atoms with Gasteiger partial charge in [0.15, 0.2) is 17.3 Å². The van der Waals surface area contributed by atoms with E-state index in [2.05, 4.69) is 15.5 Å². The minimum atomic E-state index is -0.212. The lowest BCUT2D eigenvalue weighted by Crippen LogP contribution is -2.16.